The van der Waals surface area contributed by atoms with Crippen molar-refractivity contribution in [2.45, 2.75) is 0 Å². The van der Waals surface area contributed by atoms with E-state index in [9.17, 15) is 9.59 Å². The number of nitrogens with one attached hydrogen (secondary N) is 2. The maximum absolute atomic E-state index is 12.4. The highest BCUT2D eigenvalue weighted by atomic mass is 35.5. The molecular formula is C22H17ClN2O2. The van der Waals surface area contributed by atoms with Gasteiger partial charge in [0.15, 0.2) is 5.78 Å². The molecule has 0 unspecified atom stereocenters. The van der Waals surface area contributed by atoms with E-state index in [0.717, 1.165) is 5.56 Å². The van der Waals surface area contributed by atoms with Gasteiger partial charge in [0.25, 0.3) is 0 Å². The number of para-hydroxylation sites is 1. The zero-order chi connectivity index (χ0) is 19.1. The lowest BCUT2D eigenvalue weighted by Gasteiger charge is -2.08. The molecule has 3 aromatic carbocycles. The number of halogens is 1. The van der Waals surface area contributed by atoms with Gasteiger partial charge in [0.2, 0.25) is 0 Å². The van der Waals surface area contributed by atoms with E-state index >= 15 is 0 Å². The molecule has 5 heteroatoms. The third kappa shape index (κ3) is 5.56. The van der Waals surface area contributed by atoms with Crippen LogP contribution in [0.3, 0.4) is 0 Å². The first-order chi connectivity index (χ1) is 13.1. The quantitative estimate of drug-likeness (QED) is 0.431. The molecule has 3 rings (SSSR count). The zero-order valence-electron chi connectivity index (χ0n) is 14.4. The van der Waals surface area contributed by atoms with Crippen LogP contribution in [0.4, 0.5) is 16.2 Å². The van der Waals surface area contributed by atoms with E-state index in [4.69, 9.17) is 11.6 Å². The van der Waals surface area contributed by atoms with Crippen molar-refractivity contribution in [3.63, 3.8) is 0 Å². The van der Waals surface area contributed by atoms with Crippen molar-refractivity contribution in [3.8, 4) is 0 Å². The second-order valence-electron chi connectivity index (χ2n) is 5.78. The molecule has 134 valence electrons. The minimum absolute atomic E-state index is 0.155. The normalized spacial score (nSPS) is 10.6. The minimum Gasteiger partial charge on any atom is -0.308 e. The third-order valence-electron chi connectivity index (χ3n) is 3.73. The van der Waals surface area contributed by atoms with Gasteiger partial charge in [0.1, 0.15) is 0 Å². The Labute approximate surface area is 162 Å². The second-order valence-corrected chi connectivity index (χ2v) is 6.21. The fourth-order valence-corrected chi connectivity index (χ4v) is 2.53. The summed E-state index contributed by atoms with van der Waals surface area (Å²) in [5.74, 6) is -0.155. The van der Waals surface area contributed by atoms with Crippen LogP contribution in [-0.2, 0) is 0 Å². The van der Waals surface area contributed by atoms with Crippen LogP contribution in [0, 0.1) is 0 Å². The van der Waals surface area contributed by atoms with E-state index in [1.807, 2.05) is 30.3 Å². The highest BCUT2D eigenvalue weighted by Crippen LogP contribution is 2.15. The predicted octanol–water partition coefficient (Wildman–Crippen LogP) is 5.88. The van der Waals surface area contributed by atoms with Gasteiger partial charge in [0.05, 0.1) is 0 Å². The average Bonchev–Trinajstić information content (AvgIpc) is 2.68. The van der Waals surface area contributed by atoms with Gasteiger partial charge >= 0.3 is 6.03 Å². The highest BCUT2D eigenvalue weighted by Gasteiger charge is 2.06. The van der Waals surface area contributed by atoms with Crippen molar-refractivity contribution in [2.75, 3.05) is 10.6 Å². The summed E-state index contributed by atoms with van der Waals surface area (Å²) in [5, 5.41) is 6.10. The summed E-state index contributed by atoms with van der Waals surface area (Å²) in [6.45, 7) is 0. The van der Waals surface area contributed by atoms with Gasteiger partial charge in [-0.3, -0.25) is 4.79 Å². The molecule has 0 radical (unpaired) electrons. The molecule has 0 aliphatic rings. The second kappa shape index (κ2) is 8.83. The first kappa shape index (κ1) is 18.4. The fourth-order valence-electron chi connectivity index (χ4n) is 2.41. The molecule has 0 saturated heterocycles. The molecule has 0 bridgehead atoms. The number of anilines is 2. The first-order valence-electron chi connectivity index (χ1n) is 8.31. The van der Waals surface area contributed by atoms with Crippen LogP contribution in [0.25, 0.3) is 6.08 Å². The van der Waals surface area contributed by atoms with Gasteiger partial charge in [-0.25, -0.2) is 4.79 Å². The van der Waals surface area contributed by atoms with Gasteiger partial charge in [-0.1, -0.05) is 60.1 Å². The lowest BCUT2D eigenvalue weighted by atomic mass is 10.1. The lowest BCUT2D eigenvalue weighted by Crippen LogP contribution is -2.19. The first-order valence-corrected chi connectivity index (χ1v) is 8.69. The van der Waals surface area contributed by atoms with Crippen LogP contribution >= 0.6 is 11.6 Å². The molecule has 0 spiro atoms. The number of hydrogen-bond donors (Lipinski definition) is 2. The molecule has 0 fully saturated rings. The number of ketones is 1. The Morgan fingerprint density at radius 1 is 0.778 bits per heavy atom. The maximum atomic E-state index is 12.4. The Balaban J connectivity index is 1.64. The summed E-state index contributed by atoms with van der Waals surface area (Å²) in [6, 6.07) is 22.7. The zero-order valence-corrected chi connectivity index (χ0v) is 15.1. The Morgan fingerprint density at radius 2 is 1.44 bits per heavy atom. The molecule has 3 aromatic rings. The summed E-state index contributed by atoms with van der Waals surface area (Å²) < 4.78 is 0. The van der Waals surface area contributed by atoms with Crippen molar-refractivity contribution in [1.82, 2.24) is 0 Å². The van der Waals surface area contributed by atoms with Crippen LogP contribution in [-0.4, -0.2) is 11.8 Å². The van der Waals surface area contributed by atoms with Crippen LogP contribution in [0.1, 0.15) is 15.9 Å². The van der Waals surface area contributed by atoms with Gasteiger partial charge in [0, 0.05) is 22.0 Å². The molecule has 0 aliphatic heterocycles. The number of allylic oxidation sites excluding steroid dienone is 1. The monoisotopic (exact) mass is 376 g/mol. The molecule has 0 saturated carbocycles. The number of rotatable bonds is 5. The summed E-state index contributed by atoms with van der Waals surface area (Å²) in [4.78, 5) is 24.4. The average molecular weight is 377 g/mol. The SMILES string of the molecule is O=C(Nc1ccccc1)Nc1cccc(C(=O)/C=C/c2ccc(Cl)cc2)c1. The van der Waals surface area contributed by atoms with Crippen LogP contribution in [0.5, 0.6) is 0 Å². The highest BCUT2D eigenvalue weighted by molar-refractivity contribution is 6.30. The molecule has 27 heavy (non-hydrogen) atoms. The lowest BCUT2D eigenvalue weighted by molar-refractivity contribution is 0.104. The molecule has 0 atom stereocenters. The molecular weight excluding hydrogens is 360 g/mol. The smallest absolute Gasteiger partial charge is 0.308 e. The predicted molar refractivity (Wildman–Crippen MR) is 110 cm³/mol. The fraction of sp³-hybridized carbons (Fsp3) is 0. The molecule has 0 heterocycles. The summed E-state index contributed by atoms with van der Waals surface area (Å²) >= 11 is 5.85. The largest absolute Gasteiger partial charge is 0.323 e. The molecule has 0 aromatic heterocycles. The standard InChI is InChI=1S/C22H17ClN2O2/c23-18-12-9-16(10-13-18)11-14-21(26)17-5-4-8-20(15-17)25-22(27)24-19-6-2-1-3-7-19/h1-15H,(H2,24,25,27)/b14-11+. The van der Waals surface area contributed by atoms with Crippen molar-refractivity contribution in [3.05, 3.63) is 101 Å². The van der Waals surface area contributed by atoms with Gasteiger partial charge in [-0.05, 0) is 48.0 Å². The number of urea groups is 1. The van der Waals surface area contributed by atoms with E-state index in [2.05, 4.69) is 10.6 Å². The van der Waals surface area contributed by atoms with E-state index in [-0.39, 0.29) is 11.8 Å². The number of hydrogen-bond acceptors (Lipinski definition) is 2. The Kier molecular flexibility index (Phi) is 6.02. The Morgan fingerprint density at radius 3 is 2.19 bits per heavy atom. The van der Waals surface area contributed by atoms with E-state index < -0.39 is 0 Å². The van der Waals surface area contributed by atoms with Crippen molar-refractivity contribution in [1.29, 1.82) is 0 Å². The number of carbonyl (C=O) groups excluding carboxylic acids is 2. The van der Waals surface area contributed by atoms with Gasteiger partial charge in [-0.2, -0.15) is 0 Å². The topological polar surface area (TPSA) is 58.2 Å². The minimum atomic E-state index is -0.373. The number of carbonyl (C=O) groups is 2. The van der Waals surface area contributed by atoms with Crippen molar-refractivity contribution in [2.24, 2.45) is 0 Å². The molecule has 0 aliphatic carbocycles. The summed E-state index contributed by atoms with van der Waals surface area (Å²) in [5.41, 5.74) is 2.59. The summed E-state index contributed by atoms with van der Waals surface area (Å²) in [7, 11) is 0. The van der Waals surface area contributed by atoms with Crippen molar-refractivity contribution < 1.29 is 9.59 Å². The molecule has 4 nitrogen and oxygen atoms in total. The van der Waals surface area contributed by atoms with Crippen LogP contribution < -0.4 is 10.6 Å². The van der Waals surface area contributed by atoms with Gasteiger partial charge in [-0.15, -0.1) is 0 Å². The molecule has 2 N–H and O–H groups in total. The number of benzene rings is 3. The summed E-state index contributed by atoms with van der Waals surface area (Å²) in [6.07, 6.45) is 3.22. The number of amides is 2. The molecule has 2 amide bonds. The third-order valence-corrected chi connectivity index (χ3v) is 3.99. The maximum Gasteiger partial charge on any atom is 0.323 e. The van der Waals surface area contributed by atoms with Gasteiger partial charge < -0.3 is 10.6 Å². The van der Waals surface area contributed by atoms with E-state index in [0.29, 0.717) is 22.0 Å². The van der Waals surface area contributed by atoms with E-state index in [1.165, 1.54) is 6.08 Å². The van der Waals surface area contributed by atoms with Crippen molar-refractivity contribution >= 4 is 40.9 Å². The van der Waals surface area contributed by atoms with Crippen LogP contribution in [0.2, 0.25) is 5.02 Å². The Hall–Kier alpha value is -3.37. The van der Waals surface area contributed by atoms with Crippen LogP contribution in [0.15, 0.2) is 84.9 Å². The Bertz CT molecular complexity index is 967. The van der Waals surface area contributed by atoms with E-state index in [1.54, 1.807) is 54.6 Å².